The van der Waals surface area contributed by atoms with Gasteiger partial charge in [0.25, 0.3) is 0 Å². The van der Waals surface area contributed by atoms with Gasteiger partial charge in [-0.1, -0.05) is 0 Å². The number of hydrogen-bond acceptors (Lipinski definition) is 1. The van der Waals surface area contributed by atoms with Crippen molar-refractivity contribution in [3.63, 3.8) is 0 Å². The van der Waals surface area contributed by atoms with Crippen molar-refractivity contribution < 1.29 is 0 Å². The Kier molecular flexibility index (Phi) is 3.15. The molecule has 0 aromatic heterocycles. The van der Waals surface area contributed by atoms with E-state index in [-0.39, 0.29) is 0 Å². The Labute approximate surface area is 68.8 Å². The van der Waals surface area contributed by atoms with Gasteiger partial charge in [0, 0.05) is 11.7 Å². The first-order valence-electron chi connectivity index (χ1n) is 3.94. The van der Waals surface area contributed by atoms with E-state index >= 15 is 0 Å². The maximum atomic E-state index is 5.22. The van der Waals surface area contributed by atoms with Crippen molar-refractivity contribution in [2.45, 2.75) is 37.4 Å². The number of terminal acetylenes is 1. The Morgan fingerprint density at radius 2 is 1.90 bits per heavy atom. The number of rotatable bonds is 1. The summed E-state index contributed by atoms with van der Waals surface area (Å²) in [5.74, 6) is 3.53. The highest BCUT2D eigenvalue weighted by Gasteiger charge is 2.17. The van der Waals surface area contributed by atoms with Crippen LogP contribution in [0.5, 0.6) is 0 Å². The van der Waals surface area contributed by atoms with Gasteiger partial charge >= 0.3 is 0 Å². The zero-order valence-electron chi connectivity index (χ0n) is 6.21. The molecule has 0 unspecified atom stereocenters. The molecule has 1 aliphatic carbocycles. The van der Waals surface area contributed by atoms with Crippen molar-refractivity contribution in [1.29, 1.82) is 0 Å². The fraction of sp³-hybridized carbons (Fsp3) is 0.778. The van der Waals surface area contributed by atoms with E-state index < -0.39 is 0 Å². The molecule has 0 heterocycles. The van der Waals surface area contributed by atoms with Gasteiger partial charge in [0.15, 0.2) is 0 Å². The average Bonchev–Trinajstić information content (AvgIpc) is 1.95. The van der Waals surface area contributed by atoms with E-state index in [0.29, 0.717) is 5.25 Å². The van der Waals surface area contributed by atoms with E-state index in [1.807, 2.05) is 0 Å². The molecule has 10 heavy (non-hydrogen) atoms. The maximum absolute atomic E-state index is 5.22. The summed E-state index contributed by atoms with van der Waals surface area (Å²) in [5, 5.41) is 0.647. The van der Waals surface area contributed by atoms with Crippen LogP contribution < -0.4 is 0 Å². The van der Waals surface area contributed by atoms with Gasteiger partial charge in [-0.2, -0.15) is 12.6 Å². The van der Waals surface area contributed by atoms with Crippen LogP contribution in [0.25, 0.3) is 0 Å². The summed E-state index contributed by atoms with van der Waals surface area (Å²) in [6, 6.07) is 0. The molecular weight excluding hydrogens is 140 g/mol. The minimum absolute atomic E-state index is 0.647. The third-order valence-corrected chi connectivity index (χ3v) is 2.74. The van der Waals surface area contributed by atoms with Gasteiger partial charge < -0.3 is 0 Å². The van der Waals surface area contributed by atoms with E-state index in [1.54, 1.807) is 0 Å². The van der Waals surface area contributed by atoms with Crippen molar-refractivity contribution in [3.05, 3.63) is 0 Å². The first-order valence-corrected chi connectivity index (χ1v) is 4.46. The summed E-state index contributed by atoms with van der Waals surface area (Å²) < 4.78 is 0. The summed E-state index contributed by atoms with van der Waals surface area (Å²) >= 11 is 4.42. The smallest absolute Gasteiger partial charge is 0.0114 e. The van der Waals surface area contributed by atoms with Gasteiger partial charge in [0.05, 0.1) is 0 Å². The van der Waals surface area contributed by atoms with Gasteiger partial charge in [0.2, 0.25) is 0 Å². The highest BCUT2D eigenvalue weighted by Crippen LogP contribution is 2.28. The van der Waals surface area contributed by atoms with Gasteiger partial charge in [0.1, 0.15) is 0 Å². The molecule has 0 aliphatic heterocycles. The molecule has 0 atom stereocenters. The van der Waals surface area contributed by atoms with Crippen molar-refractivity contribution in [2.75, 3.05) is 0 Å². The molecule has 0 radical (unpaired) electrons. The molecule has 1 heteroatoms. The molecule has 1 aliphatic rings. The Balaban J connectivity index is 2.21. The van der Waals surface area contributed by atoms with Crippen molar-refractivity contribution >= 4 is 12.6 Å². The standard InChI is InChI=1S/C9H14S/c1-2-3-8-4-6-9(10)7-5-8/h1,8-10H,3-7H2. The fourth-order valence-corrected chi connectivity index (χ4v) is 1.81. The zero-order valence-corrected chi connectivity index (χ0v) is 7.11. The molecule has 0 spiro atoms. The third kappa shape index (κ3) is 2.27. The van der Waals surface area contributed by atoms with E-state index in [4.69, 9.17) is 6.42 Å². The predicted molar refractivity (Wildman–Crippen MR) is 48.2 cm³/mol. The summed E-state index contributed by atoms with van der Waals surface area (Å²) in [7, 11) is 0. The zero-order chi connectivity index (χ0) is 7.40. The van der Waals surface area contributed by atoms with E-state index in [2.05, 4.69) is 18.5 Å². The topological polar surface area (TPSA) is 0 Å². The number of thiol groups is 1. The molecule has 0 aromatic rings. The SMILES string of the molecule is C#CCC1CCC(S)CC1. The van der Waals surface area contributed by atoms with Crippen LogP contribution in [-0.2, 0) is 0 Å². The lowest BCUT2D eigenvalue weighted by Crippen LogP contribution is -2.13. The molecule has 1 rings (SSSR count). The van der Waals surface area contributed by atoms with Crippen LogP contribution in [-0.4, -0.2) is 5.25 Å². The Bertz CT molecular complexity index is 126. The van der Waals surface area contributed by atoms with Crippen molar-refractivity contribution in [3.8, 4) is 12.3 Å². The highest BCUT2D eigenvalue weighted by molar-refractivity contribution is 7.80. The van der Waals surface area contributed by atoms with Crippen LogP contribution in [0, 0.1) is 18.3 Å². The summed E-state index contributed by atoms with van der Waals surface area (Å²) in [6.07, 6.45) is 11.3. The lowest BCUT2D eigenvalue weighted by Gasteiger charge is -2.23. The maximum Gasteiger partial charge on any atom is 0.0114 e. The molecule has 0 bridgehead atoms. The minimum atomic E-state index is 0.647. The van der Waals surface area contributed by atoms with Crippen LogP contribution in [0.15, 0.2) is 0 Å². The summed E-state index contributed by atoms with van der Waals surface area (Å²) in [6.45, 7) is 0. The van der Waals surface area contributed by atoms with E-state index in [9.17, 15) is 0 Å². The van der Waals surface area contributed by atoms with Crippen LogP contribution in [0.3, 0.4) is 0 Å². The monoisotopic (exact) mass is 154 g/mol. The second kappa shape index (κ2) is 3.93. The van der Waals surface area contributed by atoms with Crippen molar-refractivity contribution in [2.24, 2.45) is 5.92 Å². The largest absolute Gasteiger partial charge is 0.176 e. The molecular formula is C9H14S. The van der Waals surface area contributed by atoms with E-state index in [0.717, 1.165) is 12.3 Å². The lowest BCUT2D eigenvalue weighted by molar-refractivity contribution is 0.373. The third-order valence-electron chi connectivity index (χ3n) is 2.22. The first-order chi connectivity index (χ1) is 4.83. The fourth-order valence-electron chi connectivity index (χ4n) is 1.52. The lowest BCUT2D eigenvalue weighted by atomic mass is 9.87. The second-order valence-electron chi connectivity index (χ2n) is 3.08. The molecule has 0 amide bonds. The van der Waals surface area contributed by atoms with Gasteiger partial charge in [-0.25, -0.2) is 0 Å². The molecule has 0 N–H and O–H groups in total. The Morgan fingerprint density at radius 3 is 2.40 bits per heavy atom. The van der Waals surface area contributed by atoms with Crippen LogP contribution in [0.1, 0.15) is 32.1 Å². The van der Waals surface area contributed by atoms with Gasteiger partial charge in [-0.15, -0.1) is 12.3 Å². The second-order valence-corrected chi connectivity index (χ2v) is 3.81. The minimum Gasteiger partial charge on any atom is -0.176 e. The van der Waals surface area contributed by atoms with Crippen LogP contribution in [0.4, 0.5) is 0 Å². The quantitative estimate of drug-likeness (QED) is 0.435. The van der Waals surface area contributed by atoms with Gasteiger partial charge in [-0.3, -0.25) is 0 Å². The summed E-state index contributed by atoms with van der Waals surface area (Å²) in [5.41, 5.74) is 0. The molecule has 0 saturated heterocycles. The highest BCUT2D eigenvalue weighted by atomic mass is 32.1. The number of hydrogen-bond donors (Lipinski definition) is 1. The van der Waals surface area contributed by atoms with Crippen molar-refractivity contribution in [1.82, 2.24) is 0 Å². The summed E-state index contributed by atoms with van der Waals surface area (Å²) in [4.78, 5) is 0. The van der Waals surface area contributed by atoms with Crippen LogP contribution >= 0.6 is 12.6 Å². The Hall–Kier alpha value is -0.0900. The average molecular weight is 154 g/mol. The van der Waals surface area contributed by atoms with Crippen LogP contribution in [0.2, 0.25) is 0 Å². The normalized spacial score (nSPS) is 33.2. The Morgan fingerprint density at radius 1 is 1.30 bits per heavy atom. The molecule has 1 fully saturated rings. The predicted octanol–water partition coefficient (Wildman–Crippen LogP) is 2.50. The van der Waals surface area contributed by atoms with Gasteiger partial charge in [-0.05, 0) is 31.6 Å². The first kappa shape index (κ1) is 8.01. The molecule has 0 nitrogen and oxygen atoms in total. The molecule has 1 saturated carbocycles. The van der Waals surface area contributed by atoms with E-state index in [1.165, 1.54) is 25.7 Å². The molecule has 0 aromatic carbocycles. The molecule has 56 valence electrons.